The molecule has 8 nitrogen and oxygen atoms in total. The minimum absolute atomic E-state index is 0.401. The quantitative estimate of drug-likeness (QED) is 0.718. The van der Waals surface area contributed by atoms with Gasteiger partial charge in [-0.3, -0.25) is 0 Å². The number of nitrogens with zero attached hydrogens (tertiary/aromatic N) is 1. The highest BCUT2D eigenvalue weighted by Gasteiger charge is 2.22. The first-order chi connectivity index (χ1) is 8.84. The van der Waals surface area contributed by atoms with Gasteiger partial charge in [-0.05, 0) is 20.3 Å². The highest BCUT2D eigenvalue weighted by atomic mass is 32.2. The van der Waals surface area contributed by atoms with Crippen LogP contribution in [0.3, 0.4) is 0 Å². The van der Waals surface area contributed by atoms with E-state index in [1.165, 1.54) is 6.20 Å². The van der Waals surface area contributed by atoms with Crippen LogP contribution in [0.4, 0.5) is 4.79 Å². The van der Waals surface area contributed by atoms with Gasteiger partial charge < -0.3 is 9.72 Å². The fraction of sp³-hybridized carbons (Fsp3) is 0.600. The van der Waals surface area contributed by atoms with Crippen LogP contribution in [-0.4, -0.2) is 30.6 Å². The van der Waals surface area contributed by atoms with E-state index in [0.29, 0.717) is 12.2 Å². The number of aromatic nitrogens is 2. The van der Waals surface area contributed by atoms with Crippen molar-refractivity contribution in [1.82, 2.24) is 19.4 Å². The maximum atomic E-state index is 11.7. The van der Waals surface area contributed by atoms with Crippen molar-refractivity contribution >= 4 is 16.3 Å². The van der Waals surface area contributed by atoms with E-state index in [0.717, 1.165) is 0 Å². The van der Waals surface area contributed by atoms with Crippen LogP contribution in [0.5, 0.6) is 0 Å². The molecule has 1 aromatic rings. The van der Waals surface area contributed by atoms with E-state index < -0.39 is 28.4 Å². The zero-order valence-corrected chi connectivity index (χ0v) is 11.8. The summed E-state index contributed by atoms with van der Waals surface area (Å²) in [5.41, 5.74) is 0. The van der Waals surface area contributed by atoms with Gasteiger partial charge in [0.15, 0.2) is 0 Å². The number of rotatable bonds is 6. The number of hydrogen-bond donors (Lipinski definition) is 3. The van der Waals surface area contributed by atoms with Crippen molar-refractivity contribution in [3.8, 4) is 0 Å². The molecule has 0 aliphatic heterocycles. The van der Waals surface area contributed by atoms with E-state index >= 15 is 0 Å². The molecule has 108 valence electrons. The molecule has 0 saturated carbocycles. The number of H-pyrrole nitrogens is 1. The highest BCUT2D eigenvalue weighted by molar-refractivity contribution is 7.88. The van der Waals surface area contributed by atoms with Crippen molar-refractivity contribution in [3.63, 3.8) is 0 Å². The monoisotopic (exact) mass is 290 g/mol. The zero-order valence-electron chi connectivity index (χ0n) is 11.0. The molecule has 9 heteroatoms. The molecule has 1 unspecified atom stereocenters. The Hall–Kier alpha value is -1.61. The Morgan fingerprint density at radius 2 is 2.21 bits per heavy atom. The van der Waals surface area contributed by atoms with E-state index in [2.05, 4.69) is 14.7 Å². The predicted molar refractivity (Wildman–Crippen MR) is 68.4 cm³/mol. The molecule has 1 heterocycles. The third kappa shape index (κ3) is 5.26. The summed E-state index contributed by atoms with van der Waals surface area (Å²) in [5.74, 6) is 0.477. The van der Waals surface area contributed by atoms with Gasteiger partial charge >= 0.3 is 16.3 Å². The largest absolute Gasteiger partial charge is 0.446 e. The highest BCUT2D eigenvalue weighted by Crippen LogP contribution is 2.12. The van der Waals surface area contributed by atoms with Crippen molar-refractivity contribution in [3.05, 3.63) is 18.2 Å². The van der Waals surface area contributed by atoms with Crippen molar-refractivity contribution in [2.24, 2.45) is 0 Å². The molecule has 1 amide bonds. The summed E-state index contributed by atoms with van der Waals surface area (Å²) >= 11 is 0. The summed E-state index contributed by atoms with van der Waals surface area (Å²) in [6.45, 7) is 5.04. The number of aromatic amines is 1. The minimum Gasteiger partial charge on any atom is -0.446 e. The summed E-state index contributed by atoms with van der Waals surface area (Å²) in [7, 11) is -4.00. The van der Waals surface area contributed by atoms with Gasteiger partial charge in [0.05, 0.1) is 12.1 Å². The van der Waals surface area contributed by atoms with Crippen LogP contribution in [0, 0.1) is 0 Å². The summed E-state index contributed by atoms with van der Waals surface area (Å²) in [5, 5.41) is 0. The lowest BCUT2D eigenvalue weighted by molar-refractivity contribution is 0.121. The molecule has 0 aromatic carbocycles. The summed E-state index contributed by atoms with van der Waals surface area (Å²) in [4.78, 5) is 18.0. The standard InChI is InChI=1S/C10H18N4O4S/c1-4-8(9-11-5-6-12-9)13-19(16,17)14-10(15)18-7(2)3/h5-8,13H,4H2,1-3H3,(H,11,12)(H,14,15). The lowest BCUT2D eigenvalue weighted by atomic mass is 10.2. The maximum Gasteiger partial charge on any atom is 0.422 e. The summed E-state index contributed by atoms with van der Waals surface area (Å²) in [6.07, 6.45) is 2.17. The van der Waals surface area contributed by atoms with E-state index in [1.807, 2.05) is 0 Å². The molecule has 3 N–H and O–H groups in total. The predicted octanol–water partition coefficient (Wildman–Crippen LogP) is 0.830. The molecule has 1 atom stereocenters. The van der Waals surface area contributed by atoms with Crippen LogP contribution in [0.15, 0.2) is 12.4 Å². The molecule has 0 fully saturated rings. The van der Waals surface area contributed by atoms with Gasteiger partial charge in [-0.2, -0.15) is 13.1 Å². The Kier molecular flexibility index (Phi) is 5.31. The molecule has 1 rings (SSSR count). The average molecular weight is 290 g/mol. The van der Waals surface area contributed by atoms with Gasteiger partial charge in [0.2, 0.25) is 0 Å². The number of imidazole rings is 1. The maximum absolute atomic E-state index is 11.7. The first-order valence-corrected chi connectivity index (χ1v) is 7.32. The number of carbonyl (C=O) groups is 1. The van der Waals surface area contributed by atoms with E-state index in [-0.39, 0.29) is 0 Å². The third-order valence-electron chi connectivity index (χ3n) is 2.12. The lowest BCUT2D eigenvalue weighted by Crippen LogP contribution is -2.42. The summed E-state index contributed by atoms with van der Waals surface area (Å²) < 4.78 is 32.2. The van der Waals surface area contributed by atoms with Crippen molar-refractivity contribution in [2.75, 3.05) is 0 Å². The number of nitrogens with one attached hydrogen (secondary N) is 3. The Morgan fingerprint density at radius 1 is 1.53 bits per heavy atom. The molecule has 0 aliphatic carbocycles. The average Bonchev–Trinajstić information content (AvgIpc) is 2.76. The second kappa shape index (κ2) is 6.53. The first kappa shape index (κ1) is 15.4. The third-order valence-corrected chi connectivity index (χ3v) is 3.15. The van der Waals surface area contributed by atoms with Gasteiger partial charge in [0.25, 0.3) is 0 Å². The van der Waals surface area contributed by atoms with Gasteiger partial charge in [-0.25, -0.2) is 14.5 Å². The minimum atomic E-state index is -4.00. The van der Waals surface area contributed by atoms with E-state index in [4.69, 9.17) is 4.74 Å². The Balaban J connectivity index is 2.65. The molecule has 0 saturated heterocycles. The Bertz CT molecular complexity index is 498. The summed E-state index contributed by atoms with van der Waals surface area (Å²) in [6, 6.07) is -0.542. The van der Waals surface area contributed by atoms with Crippen LogP contribution >= 0.6 is 0 Å². The lowest BCUT2D eigenvalue weighted by Gasteiger charge is -2.16. The van der Waals surface area contributed by atoms with Crippen molar-refractivity contribution in [2.45, 2.75) is 39.3 Å². The number of ether oxygens (including phenoxy) is 1. The number of hydrogen-bond acceptors (Lipinski definition) is 5. The number of amides is 1. The van der Waals surface area contributed by atoms with Crippen molar-refractivity contribution < 1.29 is 17.9 Å². The van der Waals surface area contributed by atoms with Gasteiger partial charge in [-0.15, -0.1) is 0 Å². The topological polar surface area (TPSA) is 113 Å². The zero-order chi connectivity index (χ0) is 14.5. The number of carbonyl (C=O) groups excluding carboxylic acids is 1. The molecule has 0 bridgehead atoms. The Morgan fingerprint density at radius 3 is 2.68 bits per heavy atom. The smallest absolute Gasteiger partial charge is 0.422 e. The van der Waals surface area contributed by atoms with Crippen LogP contribution in [0.1, 0.15) is 39.1 Å². The molecule has 0 aliphatic rings. The molecular formula is C10H18N4O4S. The second-order valence-corrected chi connectivity index (χ2v) is 5.56. The van der Waals surface area contributed by atoms with Crippen LogP contribution in [-0.2, 0) is 14.9 Å². The van der Waals surface area contributed by atoms with Gasteiger partial charge in [0, 0.05) is 12.4 Å². The fourth-order valence-electron chi connectivity index (χ4n) is 1.37. The normalized spacial score (nSPS) is 13.3. The van der Waals surface area contributed by atoms with Gasteiger partial charge in [-0.1, -0.05) is 6.92 Å². The van der Waals surface area contributed by atoms with Gasteiger partial charge in [0.1, 0.15) is 5.82 Å². The van der Waals surface area contributed by atoms with Crippen molar-refractivity contribution in [1.29, 1.82) is 0 Å². The fourth-order valence-corrected chi connectivity index (χ4v) is 2.34. The molecule has 19 heavy (non-hydrogen) atoms. The van der Waals surface area contributed by atoms with Crippen LogP contribution in [0.2, 0.25) is 0 Å². The first-order valence-electron chi connectivity index (χ1n) is 5.84. The van der Waals surface area contributed by atoms with E-state index in [1.54, 1.807) is 31.7 Å². The molecule has 0 spiro atoms. The second-order valence-electron chi connectivity index (χ2n) is 4.11. The van der Waals surface area contributed by atoms with Crippen LogP contribution in [0.25, 0.3) is 0 Å². The van der Waals surface area contributed by atoms with E-state index in [9.17, 15) is 13.2 Å². The molecular weight excluding hydrogens is 272 g/mol. The van der Waals surface area contributed by atoms with Crippen LogP contribution < -0.4 is 9.44 Å². The molecule has 1 aromatic heterocycles. The Labute approximate surface area is 112 Å². The molecule has 0 radical (unpaired) electrons. The SMILES string of the molecule is CCC(NS(=O)(=O)NC(=O)OC(C)C)c1ncc[nH]1.